The number of hydrogen-bond donors (Lipinski definition) is 1. The Hall–Kier alpha value is -2.21. The topological polar surface area (TPSA) is 35.9 Å². The fraction of sp³-hybridized carbons (Fsp3) is 0.500. The monoisotopic (exact) mass is 452 g/mol. The molecule has 1 heterocycles. The number of nitrogens with zero attached hydrogens (tertiary/aromatic N) is 2. The number of likely N-dealkylation sites (N-methyl/N-ethyl adjacent to an activating group) is 1. The van der Waals surface area contributed by atoms with E-state index in [4.69, 9.17) is 4.74 Å². The second-order valence-electron chi connectivity index (χ2n) is 9.68. The normalized spacial score (nSPS) is 26.3. The maximum Gasteiger partial charge on any atom is 0.123 e. The summed E-state index contributed by atoms with van der Waals surface area (Å²) in [4.78, 5) is 4.88. The van der Waals surface area contributed by atoms with Crippen molar-refractivity contribution in [3.8, 4) is 5.75 Å². The van der Waals surface area contributed by atoms with Crippen LogP contribution in [-0.2, 0) is 6.42 Å². The van der Waals surface area contributed by atoms with Gasteiger partial charge >= 0.3 is 0 Å². The minimum absolute atomic E-state index is 0.125. The Kier molecular flexibility index (Phi) is 7.84. The third kappa shape index (κ3) is 5.84. The van der Waals surface area contributed by atoms with Gasteiger partial charge < -0.3 is 19.6 Å². The van der Waals surface area contributed by atoms with E-state index in [0.717, 1.165) is 80.9 Å². The quantitative estimate of drug-likeness (QED) is 0.649. The largest absolute Gasteiger partial charge is 0.496 e. The molecule has 1 aliphatic heterocycles. The summed E-state index contributed by atoms with van der Waals surface area (Å²) in [6.45, 7) is 5.09. The lowest BCUT2D eigenvalue weighted by molar-refractivity contribution is -0.00677. The molecular formula is C28H37FN2O2. The molecule has 4 rings (SSSR count). The Morgan fingerprint density at radius 2 is 1.79 bits per heavy atom. The van der Waals surface area contributed by atoms with Gasteiger partial charge in [0.1, 0.15) is 11.6 Å². The molecule has 2 aromatic carbocycles. The van der Waals surface area contributed by atoms with Crippen molar-refractivity contribution in [3.63, 3.8) is 0 Å². The molecule has 0 radical (unpaired) electrons. The maximum absolute atomic E-state index is 13.5. The highest BCUT2D eigenvalue weighted by molar-refractivity contribution is 5.56. The van der Waals surface area contributed by atoms with Crippen molar-refractivity contribution >= 4 is 6.08 Å². The highest BCUT2D eigenvalue weighted by atomic mass is 19.1. The minimum atomic E-state index is -0.983. The predicted octanol–water partition coefficient (Wildman–Crippen LogP) is 4.63. The summed E-state index contributed by atoms with van der Waals surface area (Å²) in [5.41, 5.74) is 2.03. The number of benzene rings is 2. The Morgan fingerprint density at radius 3 is 2.52 bits per heavy atom. The number of piperazine rings is 1. The molecule has 0 bridgehead atoms. The lowest BCUT2D eigenvalue weighted by Crippen LogP contribution is -2.51. The third-order valence-electron chi connectivity index (χ3n) is 7.42. The van der Waals surface area contributed by atoms with Crippen molar-refractivity contribution in [2.45, 2.75) is 37.7 Å². The molecule has 2 fully saturated rings. The molecule has 0 amide bonds. The fourth-order valence-corrected chi connectivity index (χ4v) is 5.36. The molecule has 178 valence electrons. The van der Waals surface area contributed by atoms with Crippen LogP contribution in [0.4, 0.5) is 4.39 Å². The van der Waals surface area contributed by atoms with Gasteiger partial charge in [-0.05, 0) is 61.2 Å². The molecule has 33 heavy (non-hydrogen) atoms. The van der Waals surface area contributed by atoms with Crippen LogP contribution in [0.15, 0.2) is 54.1 Å². The van der Waals surface area contributed by atoms with E-state index in [2.05, 4.69) is 29.0 Å². The lowest BCUT2D eigenvalue weighted by Gasteiger charge is -2.42. The fourth-order valence-electron chi connectivity index (χ4n) is 5.36. The van der Waals surface area contributed by atoms with E-state index >= 15 is 0 Å². The van der Waals surface area contributed by atoms with Gasteiger partial charge in [0.2, 0.25) is 0 Å². The van der Waals surface area contributed by atoms with E-state index < -0.39 is 5.60 Å². The summed E-state index contributed by atoms with van der Waals surface area (Å²) in [5.74, 6) is 0.699. The summed E-state index contributed by atoms with van der Waals surface area (Å²) in [5, 5.41) is 12.5. The second-order valence-corrected chi connectivity index (χ2v) is 9.68. The molecule has 2 unspecified atom stereocenters. The smallest absolute Gasteiger partial charge is 0.123 e. The van der Waals surface area contributed by atoms with Crippen LogP contribution < -0.4 is 4.74 Å². The van der Waals surface area contributed by atoms with Crippen molar-refractivity contribution in [1.82, 2.24) is 9.80 Å². The standard InChI is InChI=1S/C28H37FN2O2/c1-30-15-17-31(18-16-30)21-25-9-5-4-8-24(19-22-11-13-26(29)14-12-22)28(25,32)20-23-7-3-6-10-27(23)33-2/h3,6-7,10-14,19,25,32H,4-5,8-9,15-18,20-21H2,1-2H3/b24-19-. The summed E-state index contributed by atoms with van der Waals surface area (Å²) in [7, 11) is 3.86. The third-order valence-corrected chi connectivity index (χ3v) is 7.42. The van der Waals surface area contributed by atoms with Gasteiger partial charge in [0.25, 0.3) is 0 Å². The Balaban J connectivity index is 1.70. The molecule has 1 saturated carbocycles. The van der Waals surface area contributed by atoms with Crippen molar-refractivity contribution in [2.24, 2.45) is 5.92 Å². The van der Waals surface area contributed by atoms with Gasteiger partial charge in [-0.25, -0.2) is 4.39 Å². The molecule has 4 nitrogen and oxygen atoms in total. The zero-order valence-electron chi connectivity index (χ0n) is 20.0. The van der Waals surface area contributed by atoms with E-state index in [-0.39, 0.29) is 11.7 Å². The molecule has 1 N–H and O–H groups in total. The second kappa shape index (κ2) is 10.8. The molecule has 0 aromatic heterocycles. The zero-order chi connectivity index (χ0) is 23.3. The molecule has 2 atom stereocenters. The highest BCUT2D eigenvalue weighted by Crippen LogP contribution is 2.42. The van der Waals surface area contributed by atoms with Crippen LogP contribution >= 0.6 is 0 Å². The van der Waals surface area contributed by atoms with Gasteiger partial charge in [-0.2, -0.15) is 0 Å². The van der Waals surface area contributed by atoms with Crippen LogP contribution in [0.2, 0.25) is 0 Å². The average Bonchev–Trinajstić information content (AvgIpc) is 2.96. The van der Waals surface area contributed by atoms with Crippen LogP contribution in [0.25, 0.3) is 6.08 Å². The lowest BCUT2D eigenvalue weighted by atomic mass is 9.74. The van der Waals surface area contributed by atoms with Gasteiger partial charge in [-0.15, -0.1) is 0 Å². The number of aliphatic hydroxyl groups is 1. The van der Waals surface area contributed by atoms with Crippen molar-refractivity contribution < 1.29 is 14.2 Å². The van der Waals surface area contributed by atoms with Crippen LogP contribution in [0, 0.1) is 11.7 Å². The van der Waals surface area contributed by atoms with Crippen molar-refractivity contribution in [3.05, 3.63) is 71.0 Å². The van der Waals surface area contributed by atoms with E-state index in [1.165, 1.54) is 12.1 Å². The van der Waals surface area contributed by atoms with Gasteiger partial charge in [0.15, 0.2) is 0 Å². The molecule has 2 aromatic rings. The summed E-state index contributed by atoms with van der Waals surface area (Å²) in [6, 6.07) is 14.6. The average molecular weight is 453 g/mol. The first-order valence-corrected chi connectivity index (χ1v) is 12.2. The summed E-state index contributed by atoms with van der Waals surface area (Å²) < 4.78 is 19.1. The molecular weight excluding hydrogens is 415 g/mol. The summed E-state index contributed by atoms with van der Waals surface area (Å²) >= 11 is 0. The molecule has 2 aliphatic rings. The van der Waals surface area contributed by atoms with E-state index in [1.807, 2.05) is 18.2 Å². The van der Waals surface area contributed by atoms with Crippen LogP contribution in [-0.4, -0.2) is 67.4 Å². The Labute approximate surface area is 197 Å². The van der Waals surface area contributed by atoms with Gasteiger partial charge in [-0.3, -0.25) is 0 Å². The maximum atomic E-state index is 13.5. The molecule has 1 saturated heterocycles. The van der Waals surface area contributed by atoms with E-state index in [1.54, 1.807) is 19.2 Å². The van der Waals surface area contributed by atoms with E-state index in [0.29, 0.717) is 6.42 Å². The Bertz CT molecular complexity index is 937. The van der Waals surface area contributed by atoms with Gasteiger partial charge in [0, 0.05) is 45.1 Å². The van der Waals surface area contributed by atoms with Crippen LogP contribution in [0.1, 0.15) is 36.8 Å². The number of rotatable bonds is 6. The first kappa shape index (κ1) is 23.9. The first-order valence-electron chi connectivity index (χ1n) is 12.2. The highest BCUT2D eigenvalue weighted by Gasteiger charge is 2.42. The predicted molar refractivity (Wildman–Crippen MR) is 132 cm³/mol. The van der Waals surface area contributed by atoms with Crippen LogP contribution in [0.5, 0.6) is 5.75 Å². The van der Waals surface area contributed by atoms with Crippen LogP contribution in [0.3, 0.4) is 0 Å². The van der Waals surface area contributed by atoms with Crippen molar-refractivity contribution in [1.29, 1.82) is 0 Å². The Morgan fingerprint density at radius 1 is 1.06 bits per heavy atom. The van der Waals surface area contributed by atoms with Crippen molar-refractivity contribution in [2.75, 3.05) is 46.9 Å². The number of halogens is 1. The summed E-state index contributed by atoms with van der Waals surface area (Å²) in [6.07, 6.45) is 6.62. The number of methoxy groups -OCH3 is 1. The van der Waals surface area contributed by atoms with Gasteiger partial charge in [0.05, 0.1) is 12.7 Å². The SMILES string of the molecule is COc1ccccc1CC1(O)/C(=C\c2ccc(F)cc2)CCCCC1CN1CCN(C)CC1. The molecule has 5 heteroatoms. The minimum Gasteiger partial charge on any atom is -0.496 e. The number of para-hydroxylation sites is 1. The first-order chi connectivity index (χ1) is 16.0. The number of hydrogen-bond acceptors (Lipinski definition) is 4. The van der Waals surface area contributed by atoms with E-state index in [9.17, 15) is 9.50 Å². The number of ether oxygens (including phenoxy) is 1. The zero-order valence-corrected chi connectivity index (χ0v) is 20.0. The molecule has 0 spiro atoms. The van der Waals surface area contributed by atoms with Gasteiger partial charge in [-0.1, -0.05) is 42.8 Å². The molecule has 1 aliphatic carbocycles.